The molecule has 0 bridgehead atoms. The molecule has 0 spiro atoms. The Hall–Kier alpha value is -5.96. The summed E-state index contributed by atoms with van der Waals surface area (Å²) in [5, 5.41) is 24.4. The lowest BCUT2D eigenvalue weighted by Crippen LogP contribution is -2.36. The first-order valence-electron chi connectivity index (χ1n) is 18.0. The van der Waals surface area contributed by atoms with Crippen molar-refractivity contribution >= 4 is 28.9 Å². The largest absolute Gasteiger partial charge is 0.488 e. The average Bonchev–Trinajstić information content (AvgIpc) is 3.18. The molecular formula is C43H43ClN4O7. The van der Waals surface area contributed by atoms with Gasteiger partial charge in [0.25, 0.3) is 0 Å². The number of nitro groups is 1. The molecule has 0 radical (unpaired) electrons. The molecule has 0 saturated carbocycles. The Balaban J connectivity index is 1.36. The second kappa shape index (κ2) is 18.9. The molecule has 2 N–H and O–H groups in total. The van der Waals surface area contributed by atoms with Gasteiger partial charge in [0.15, 0.2) is 5.75 Å². The van der Waals surface area contributed by atoms with Crippen LogP contribution in [0.1, 0.15) is 54.5 Å². The molecule has 0 amide bonds. The molecule has 1 atom stereocenters. The van der Waals surface area contributed by atoms with E-state index >= 15 is 0 Å². The zero-order valence-electron chi connectivity index (χ0n) is 31.2. The number of aryl methyl sites for hydroxylation is 1. The second-order valence-electron chi connectivity index (χ2n) is 13.1. The third-order valence-corrected chi connectivity index (χ3v) is 9.61. The van der Waals surface area contributed by atoms with Crippen molar-refractivity contribution in [3.05, 3.63) is 140 Å². The highest BCUT2D eigenvalue weighted by Crippen LogP contribution is 2.39. The molecule has 284 valence electrons. The molecule has 0 aliphatic rings. The number of rotatable bonds is 18. The van der Waals surface area contributed by atoms with E-state index in [1.807, 2.05) is 62.4 Å². The van der Waals surface area contributed by atoms with Gasteiger partial charge in [0.2, 0.25) is 5.69 Å². The Morgan fingerprint density at radius 1 is 0.927 bits per heavy atom. The van der Waals surface area contributed by atoms with Crippen LogP contribution in [0.25, 0.3) is 27.1 Å². The van der Waals surface area contributed by atoms with Gasteiger partial charge in [-0.3, -0.25) is 19.9 Å². The normalized spacial score (nSPS) is 11.4. The van der Waals surface area contributed by atoms with E-state index in [0.717, 1.165) is 63.8 Å². The van der Waals surface area contributed by atoms with Gasteiger partial charge < -0.3 is 24.6 Å². The van der Waals surface area contributed by atoms with Crippen LogP contribution in [0.4, 0.5) is 11.4 Å². The maximum absolute atomic E-state index is 12.1. The van der Waals surface area contributed by atoms with Crippen LogP contribution in [0.3, 0.4) is 0 Å². The maximum atomic E-state index is 12.1. The number of carboxylic acid groups (broad SMARTS) is 1. The third-order valence-electron chi connectivity index (χ3n) is 9.32. The van der Waals surface area contributed by atoms with Crippen molar-refractivity contribution in [2.45, 2.75) is 66.2 Å². The molecule has 4 aromatic carbocycles. The van der Waals surface area contributed by atoms with Crippen LogP contribution in [0, 0.1) is 30.5 Å². The van der Waals surface area contributed by atoms with Crippen LogP contribution >= 0.6 is 11.6 Å². The molecule has 55 heavy (non-hydrogen) atoms. The van der Waals surface area contributed by atoms with E-state index in [1.54, 1.807) is 24.4 Å². The minimum Gasteiger partial charge on any atom is -0.488 e. The predicted octanol–water partition coefficient (Wildman–Crippen LogP) is 10.1. The summed E-state index contributed by atoms with van der Waals surface area (Å²) in [7, 11) is 0. The summed E-state index contributed by atoms with van der Waals surface area (Å²) in [6.07, 6.45) is 5.99. The Labute approximate surface area is 325 Å². The lowest BCUT2D eigenvalue weighted by atomic mass is 9.89. The molecule has 0 aliphatic heterocycles. The molecular weight excluding hydrogens is 720 g/mol. The number of carbonyl (C=O) groups is 1. The average molecular weight is 763 g/mol. The number of pyridine rings is 1. The van der Waals surface area contributed by atoms with Crippen LogP contribution in [-0.4, -0.2) is 40.2 Å². The maximum Gasteiger partial charge on any atom is 0.320 e. The van der Waals surface area contributed by atoms with Crippen molar-refractivity contribution in [3.8, 4) is 39.5 Å². The summed E-state index contributed by atoms with van der Waals surface area (Å²) in [6.45, 7) is 15.7. The number of carboxylic acids is 1. The summed E-state index contributed by atoms with van der Waals surface area (Å²) >= 11 is 6.76. The molecule has 5 aromatic rings. The van der Waals surface area contributed by atoms with Gasteiger partial charge in [-0.05, 0) is 102 Å². The van der Waals surface area contributed by atoms with Gasteiger partial charge in [-0.2, -0.15) is 0 Å². The number of ether oxygens (including phenoxy) is 3. The minimum atomic E-state index is -0.992. The van der Waals surface area contributed by atoms with E-state index < -0.39 is 16.9 Å². The van der Waals surface area contributed by atoms with Crippen molar-refractivity contribution in [2.24, 2.45) is 0 Å². The van der Waals surface area contributed by atoms with Crippen molar-refractivity contribution in [1.82, 2.24) is 10.3 Å². The number of halogens is 1. The first-order chi connectivity index (χ1) is 26.5. The van der Waals surface area contributed by atoms with E-state index in [0.29, 0.717) is 27.8 Å². The molecule has 1 heterocycles. The Kier molecular flexibility index (Phi) is 13.8. The lowest BCUT2D eigenvalue weighted by Gasteiger charge is -2.18. The van der Waals surface area contributed by atoms with Crippen molar-refractivity contribution in [3.63, 3.8) is 0 Å². The Morgan fingerprint density at radius 2 is 1.65 bits per heavy atom. The number of aromatic nitrogens is 1. The Bertz CT molecular complexity index is 2220. The zero-order chi connectivity index (χ0) is 39.5. The fourth-order valence-electron chi connectivity index (χ4n) is 6.16. The number of hydrogen-bond acceptors (Lipinski definition) is 8. The first-order valence-corrected chi connectivity index (χ1v) is 18.3. The van der Waals surface area contributed by atoms with Gasteiger partial charge in [0.1, 0.15) is 37.4 Å². The summed E-state index contributed by atoms with van der Waals surface area (Å²) in [4.78, 5) is 30.2. The predicted molar refractivity (Wildman–Crippen MR) is 213 cm³/mol. The van der Waals surface area contributed by atoms with E-state index in [4.69, 9.17) is 37.5 Å². The number of nitrogens with one attached hydrogen (secondary N) is 1. The van der Waals surface area contributed by atoms with Gasteiger partial charge in [-0.25, -0.2) is 4.85 Å². The van der Waals surface area contributed by atoms with Crippen LogP contribution in [0.15, 0.2) is 85.2 Å². The molecule has 0 fully saturated rings. The van der Waals surface area contributed by atoms with Crippen molar-refractivity contribution in [2.75, 3.05) is 13.2 Å². The molecule has 0 aliphatic carbocycles. The SMILES string of the molecule is [C-]#[N+]c1cncc(COc2cc(OCc3cccc(-c4cccc(-c5ccc(OCCN[C@@H](C)C(=O)O)c([N+](=O)[O-])c5)c4C)c3C)c(Cl)cc2CCCC)c1. The van der Waals surface area contributed by atoms with Crippen LogP contribution in [0.5, 0.6) is 17.2 Å². The van der Waals surface area contributed by atoms with Gasteiger partial charge >= 0.3 is 11.7 Å². The number of hydrogen-bond donors (Lipinski definition) is 2. The molecule has 0 saturated heterocycles. The summed E-state index contributed by atoms with van der Waals surface area (Å²) < 4.78 is 18.3. The Morgan fingerprint density at radius 3 is 2.38 bits per heavy atom. The van der Waals surface area contributed by atoms with Gasteiger partial charge in [0, 0.05) is 31.1 Å². The number of benzene rings is 4. The summed E-state index contributed by atoms with van der Waals surface area (Å²) in [5.74, 6) is 0.274. The topological polar surface area (TPSA) is 137 Å². The van der Waals surface area contributed by atoms with Crippen molar-refractivity contribution < 1.29 is 29.0 Å². The highest BCUT2D eigenvalue weighted by Gasteiger charge is 2.20. The molecule has 11 nitrogen and oxygen atoms in total. The monoisotopic (exact) mass is 762 g/mol. The molecule has 12 heteroatoms. The van der Waals surface area contributed by atoms with Crippen LogP contribution in [-0.2, 0) is 24.4 Å². The van der Waals surface area contributed by atoms with Gasteiger partial charge in [-0.1, -0.05) is 67.4 Å². The smallest absolute Gasteiger partial charge is 0.320 e. The molecule has 1 aromatic heterocycles. The third kappa shape index (κ3) is 10.2. The molecule has 0 unspecified atom stereocenters. The fraction of sp³-hybridized carbons (Fsp3) is 0.279. The number of aliphatic carboxylic acids is 1. The number of nitrogens with zero attached hydrogens (tertiary/aromatic N) is 3. The standard InChI is InChI=1S/C43H43ClN4O7/c1-6-7-10-32-20-38(44)42(22-41(32)54-25-30-19-34(45-5)24-46-23-30)55-26-33-11-8-13-36(27(33)2)37-14-9-12-35(28(37)3)31-15-16-40(39(21-31)48(51)52)53-18-17-47-29(4)43(49)50/h8-9,11-16,19-24,29,47H,6-7,10,17-18,25-26H2,1-4H3,(H,49,50)/t29-/m0/s1. The second-order valence-corrected chi connectivity index (χ2v) is 13.5. The van der Waals surface area contributed by atoms with E-state index in [9.17, 15) is 14.9 Å². The van der Waals surface area contributed by atoms with Crippen LogP contribution < -0.4 is 19.5 Å². The van der Waals surface area contributed by atoms with Crippen molar-refractivity contribution in [1.29, 1.82) is 0 Å². The van der Waals surface area contributed by atoms with Crippen LogP contribution in [0.2, 0.25) is 5.02 Å². The van der Waals surface area contributed by atoms with E-state index in [-0.39, 0.29) is 37.8 Å². The number of unbranched alkanes of at least 4 members (excludes halogenated alkanes) is 1. The summed E-state index contributed by atoms with van der Waals surface area (Å²) in [6, 6.07) is 21.5. The quantitative estimate of drug-likeness (QED) is 0.0387. The van der Waals surface area contributed by atoms with E-state index in [2.05, 4.69) is 22.1 Å². The van der Waals surface area contributed by atoms with E-state index in [1.165, 1.54) is 19.2 Å². The minimum absolute atomic E-state index is 0.0644. The zero-order valence-corrected chi connectivity index (χ0v) is 32.0. The lowest BCUT2D eigenvalue weighted by molar-refractivity contribution is -0.385. The van der Waals surface area contributed by atoms with Gasteiger partial charge in [0.05, 0.1) is 16.5 Å². The summed E-state index contributed by atoms with van der Waals surface area (Å²) in [5.41, 5.74) is 8.44. The highest BCUT2D eigenvalue weighted by atomic mass is 35.5. The fourth-order valence-corrected chi connectivity index (χ4v) is 6.40. The highest BCUT2D eigenvalue weighted by molar-refractivity contribution is 6.32. The number of nitro benzene ring substituents is 1. The molecule has 5 rings (SSSR count). The van der Waals surface area contributed by atoms with Gasteiger partial charge in [-0.15, -0.1) is 0 Å². The first kappa shape index (κ1) is 40.2.